The molecule has 0 aromatic rings. The second-order valence-electron chi connectivity index (χ2n) is 19.4. The van der Waals surface area contributed by atoms with Gasteiger partial charge in [-0.1, -0.05) is 228 Å². The number of phosphoric acid groups is 1. The molecule has 0 aromatic heterocycles. The second kappa shape index (κ2) is 55.9. The lowest BCUT2D eigenvalue weighted by Gasteiger charge is -2.21. The number of carbonyl (C=O) groups is 3. The first-order valence-electron chi connectivity index (χ1n) is 29.5. The Balaban J connectivity index is 4.77. The maximum Gasteiger partial charge on any atom is 0.472 e. The molecule has 0 saturated carbocycles. The molecule has 0 amide bonds. The van der Waals surface area contributed by atoms with Gasteiger partial charge in [0.2, 0.25) is 0 Å². The van der Waals surface area contributed by atoms with E-state index in [1.165, 1.54) is 96.3 Å². The zero-order chi connectivity index (χ0) is 54.1. The summed E-state index contributed by atoms with van der Waals surface area (Å²) in [5.41, 5.74) is 0. The van der Waals surface area contributed by atoms with Crippen molar-refractivity contribution in [3.63, 3.8) is 0 Å². The fourth-order valence-corrected chi connectivity index (χ4v) is 8.62. The first-order chi connectivity index (χ1) is 36.2. The number of unbranched alkanes of at least 4 members (excludes halogenated alkanes) is 23. The van der Waals surface area contributed by atoms with Crippen molar-refractivity contribution in [2.24, 2.45) is 0 Å². The van der Waals surface area contributed by atoms with Crippen molar-refractivity contribution in [1.29, 1.82) is 0 Å². The molecule has 0 aromatic carbocycles. The first kappa shape index (κ1) is 70.7. The number of phosphoric ester groups is 1. The Morgan fingerprint density at radius 2 is 0.716 bits per heavy atom. The van der Waals surface area contributed by atoms with Crippen LogP contribution >= 0.6 is 7.82 Å². The van der Waals surface area contributed by atoms with E-state index in [2.05, 4.69) is 93.7 Å². The van der Waals surface area contributed by atoms with E-state index in [1.54, 1.807) is 0 Å². The normalized spacial score (nSPS) is 14.0. The highest BCUT2D eigenvalue weighted by Gasteiger charge is 2.28. The van der Waals surface area contributed by atoms with E-state index in [-0.39, 0.29) is 25.9 Å². The number of carbonyl (C=O) groups excluding carboxylic acids is 3. The van der Waals surface area contributed by atoms with Gasteiger partial charge < -0.3 is 24.2 Å². The zero-order valence-corrected chi connectivity index (χ0v) is 47.9. The number of rotatable bonds is 54. The van der Waals surface area contributed by atoms with Crippen LogP contribution in [-0.2, 0) is 42.2 Å². The molecule has 74 heavy (non-hydrogen) atoms. The number of aliphatic hydroxyl groups is 1. The van der Waals surface area contributed by atoms with Crippen LogP contribution in [0.1, 0.15) is 252 Å². The van der Waals surface area contributed by atoms with Crippen molar-refractivity contribution < 1.29 is 52.2 Å². The maximum atomic E-state index is 12.9. The third kappa shape index (κ3) is 53.5. The van der Waals surface area contributed by atoms with Crippen molar-refractivity contribution >= 4 is 25.7 Å². The highest BCUT2D eigenvalue weighted by Crippen LogP contribution is 2.43. The summed E-state index contributed by atoms with van der Waals surface area (Å²) in [6.45, 7) is 4.45. The number of esters is 3. The van der Waals surface area contributed by atoms with Crippen molar-refractivity contribution in [1.82, 2.24) is 0 Å². The predicted octanol–water partition coefficient (Wildman–Crippen LogP) is 17.5. The van der Waals surface area contributed by atoms with Crippen LogP contribution in [0, 0.1) is 0 Å². The molecular formula is C62H107O11P. The van der Waals surface area contributed by atoms with Gasteiger partial charge in [0, 0.05) is 19.3 Å². The van der Waals surface area contributed by atoms with Crippen LogP contribution in [0.25, 0.3) is 0 Å². The first-order valence-corrected chi connectivity index (χ1v) is 31.0. The summed E-state index contributed by atoms with van der Waals surface area (Å²) in [4.78, 5) is 48.5. The molecule has 0 fully saturated rings. The molecular weight excluding hydrogens is 952 g/mol. The molecule has 0 spiro atoms. The van der Waals surface area contributed by atoms with Crippen LogP contribution in [0.4, 0.5) is 0 Å². The third-order valence-corrected chi connectivity index (χ3v) is 13.3. The smallest absolute Gasteiger partial charge is 0.462 e. The van der Waals surface area contributed by atoms with Gasteiger partial charge in [0.15, 0.2) is 6.10 Å². The summed E-state index contributed by atoms with van der Waals surface area (Å²) in [7, 11) is -4.77. The van der Waals surface area contributed by atoms with Crippen molar-refractivity contribution in [3.8, 4) is 0 Å². The molecule has 426 valence electrons. The van der Waals surface area contributed by atoms with Crippen LogP contribution in [0.3, 0.4) is 0 Å². The van der Waals surface area contributed by atoms with Gasteiger partial charge in [-0.05, 0) is 89.9 Å². The summed E-state index contributed by atoms with van der Waals surface area (Å²) in [6.07, 6.45) is 64.0. The Labute approximate surface area is 451 Å². The Morgan fingerprint density at radius 1 is 0.392 bits per heavy atom. The van der Waals surface area contributed by atoms with E-state index < -0.39 is 57.8 Å². The lowest BCUT2D eigenvalue weighted by molar-refractivity contribution is -0.161. The molecule has 0 bridgehead atoms. The maximum absolute atomic E-state index is 12.9. The standard InChI is InChI=1S/C62H107O11P/c1-4-7-10-13-16-19-22-25-27-29-31-34-37-40-43-46-49-52-61(65)72-58(54-63)56-70-74(67,68)71-57-59(55-69-60(64)51-48-45-42-39-36-33-24-21-18-15-12-9-6-3)73-62(66)53-50-47-44-41-38-35-32-30-28-26-23-20-17-14-11-8-5-2/h8,11,16-17,19-20,25-28,32,35,41,44,58-59,63H,4-7,9-10,12-15,18,21-24,29-31,33-34,36-40,42-43,45-57H2,1-3H3,(H,67,68)/b11-8-,19-16-,20-17-,27-25-,28-26-,35-32-,44-41-. The van der Waals surface area contributed by atoms with Gasteiger partial charge in [-0.2, -0.15) is 0 Å². The van der Waals surface area contributed by atoms with E-state index >= 15 is 0 Å². The quantitative estimate of drug-likeness (QED) is 0.0197. The fourth-order valence-electron chi connectivity index (χ4n) is 7.83. The minimum absolute atomic E-state index is 0.0878. The molecule has 3 unspecified atom stereocenters. The molecule has 0 heterocycles. The summed E-state index contributed by atoms with van der Waals surface area (Å²) >= 11 is 0. The second-order valence-corrected chi connectivity index (χ2v) is 20.9. The molecule has 11 nitrogen and oxygen atoms in total. The average Bonchev–Trinajstić information content (AvgIpc) is 3.39. The summed E-state index contributed by atoms with van der Waals surface area (Å²) < 4.78 is 39.5. The molecule has 0 aliphatic rings. The van der Waals surface area contributed by atoms with Gasteiger partial charge in [0.05, 0.1) is 19.8 Å². The molecule has 12 heteroatoms. The van der Waals surface area contributed by atoms with Gasteiger partial charge in [0.1, 0.15) is 12.7 Å². The lowest BCUT2D eigenvalue weighted by atomic mass is 10.0. The van der Waals surface area contributed by atoms with Crippen LogP contribution in [-0.4, -0.2) is 66.5 Å². The van der Waals surface area contributed by atoms with E-state index in [9.17, 15) is 28.9 Å². The summed E-state index contributed by atoms with van der Waals surface area (Å²) in [5, 5.41) is 9.82. The summed E-state index contributed by atoms with van der Waals surface area (Å²) in [5.74, 6) is -1.54. The zero-order valence-electron chi connectivity index (χ0n) is 47.0. The van der Waals surface area contributed by atoms with Gasteiger partial charge >= 0.3 is 25.7 Å². The fraction of sp³-hybridized carbons (Fsp3) is 0.726. The highest BCUT2D eigenvalue weighted by molar-refractivity contribution is 7.47. The largest absolute Gasteiger partial charge is 0.472 e. The highest BCUT2D eigenvalue weighted by atomic mass is 31.2. The molecule has 0 rings (SSSR count). The lowest BCUT2D eigenvalue weighted by Crippen LogP contribution is -2.30. The van der Waals surface area contributed by atoms with E-state index in [4.69, 9.17) is 23.3 Å². The van der Waals surface area contributed by atoms with Crippen LogP contribution < -0.4 is 0 Å². The van der Waals surface area contributed by atoms with Gasteiger partial charge in [0.25, 0.3) is 0 Å². The van der Waals surface area contributed by atoms with E-state index in [0.717, 1.165) is 89.9 Å². The van der Waals surface area contributed by atoms with Crippen LogP contribution in [0.5, 0.6) is 0 Å². The third-order valence-electron chi connectivity index (χ3n) is 12.3. The number of aliphatic hydroxyl groups excluding tert-OH is 1. The minimum atomic E-state index is -4.77. The number of ether oxygens (including phenoxy) is 3. The molecule has 0 aliphatic heterocycles. The Morgan fingerprint density at radius 3 is 1.16 bits per heavy atom. The molecule has 2 N–H and O–H groups in total. The average molecular weight is 1060 g/mol. The van der Waals surface area contributed by atoms with Crippen molar-refractivity contribution in [2.75, 3.05) is 26.4 Å². The van der Waals surface area contributed by atoms with Gasteiger partial charge in [-0.25, -0.2) is 4.57 Å². The molecule has 0 aliphatic carbocycles. The molecule has 3 atom stereocenters. The van der Waals surface area contributed by atoms with Crippen LogP contribution in [0.15, 0.2) is 85.1 Å². The Kier molecular flexibility index (Phi) is 53.4. The van der Waals surface area contributed by atoms with Crippen LogP contribution in [0.2, 0.25) is 0 Å². The predicted molar refractivity (Wildman–Crippen MR) is 307 cm³/mol. The van der Waals surface area contributed by atoms with Gasteiger partial charge in [-0.3, -0.25) is 23.4 Å². The number of allylic oxidation sites excluding steroid dienone is 14. The van der Waals surface area contributed by atoms with Crippen molar-refractivity contribution in [3.05, 3.63) is 85.1 Å². The SMILES string of the molecule is CC/C=C\C/C=C\C/C=C\C/C=C\C/C=C\CCCC(=O)OC(COC(=O)CCCCCCCCCCCCCCC)COP(=O)(O)OCC(CO)OC(=O)CCCCCCCCC/C=C\C/C=C\CCCCC. The number of hydrogen-bond acceptors (Lipinski definition) is 10. The Hall–Kier alpha value is -3.34. The topological polar surface area (TPSA) is 155 Å². The Bertz CT molecular complexity index is 1560. The number of hydrogen-bond donors (Lipinski definition) is 2. The van der Waals surface area contributed by atoms with Crippen molar-refractivity contribution in [2.45, 2.75) is 264 Å². The van der Waals surface area contributed by atoms with E-state index in [1.807, 2.05) is 12.2 Å². The molecule has 0 saturated heterocycles. The minimum Gasteiger partial charge on any atom is -0.462 e. The van der Waals surface area contributed by atoms with Gasteiger partial charge in [-0.15, -0.1) is 0 Å². The van der Waals surface area contributed by atoms with E-state index in [0.29, 0.717) is 25.7 Å². The molecule has 0 radical (unpaired) electrons. The monoisotopic (exact) mass is 1060 g/mol. The summed E-state index contributed by atoms with van der Waals surface area (Å²) in [6, 6.07) is 0.